The Morgan fingerprint density at radius 3 is 2.84 bits per heavy atom. The fourth-order valence-corrected chi connectivity index (χ4v) is 2.81. The normalized spacial score (nSPS) is 28.8. The Bertz CT molecular complexity index is 513. The van der Waals surface area contributed by atoms with E-state index in [1.54, 1.807) is 0 Å². The van der Waals surface area contributed by atoms with Crippen LogP contribution in [0.5, 0.6) is 0 Å². The molecule has 1 aliphatic carbocycles. The number of nitrogens with zero attached hydrogens (tertiary/aromatic N) is 1. The van der Waals surface area contributed by atoms with Gasteiger partial charge in [-0.1, -0.05) is 37.3 Å². The van der Waals surface area contributed by atoms with E-state index in [9.17, 15) is 9.59 Å². The number of carbonyl (C=O) groups is 2. The van der Waals surface area contributed by atoms with Crippen molar-refractivity contribution in [2.24, 2.45) is 11.3 Å². The maximum Gasteiger partial charge on any atom is 0.410 e. The number of fused-ring (bicyclic) bond motifs is 1. The second-order valence-corrected chi connectivity index (χ2v) is 5.77. The number of ketones is 1. The second kappa shape index (κ2) is 4.37. The Hall–Kier alpha value is -1.84. The lowest BCUT2D eigenvalue weighted by Gasteiger charge is -2.29. The van der Waals surface area contributed by atoms with Crippen molar-refractivity contribution in [3.63, 3.8) is 0 Å². The van der Waals surface area contributed by atoms with Gasteiger partial charge in [-0.2, -0.15) is 0 Å². The molecule has 1 saturated heterocycles. The van der Waals surface area contributed by atoms with Crippen LogP contribution in [-0.2, 0) is 16.1 Å². The lowest BCUT2D eigenvalue weighted by molar-refractivity contribution is -0.124. The molecule has 1 aromatic carbocycles. The number of piperidine rings is 1. The maximum atomic E-state index is 12.0. The highest BCUT2D eigenvalue weighted by Crippen LogP contribution is 2.55. The summed E-state index contributed by atoms with van der Waals surface area (Å²) in [5.74, 6) is 0.344. The molecule has 1 aromatic rings. The number of Topliss-reactive ketones (excluding diaryl/α,β-unsaturated/α-hetero) is 1. The van der Waals surface area contributed by atoms with Crippen molar-refractivity contribution in [2.45, 2.75) is 20.0 Å². The summed E-state index contributed by atoms with van der Waals surface area (Å²) in [4.78, 5) is 25.3. The molecule has 1 amide bonds. The van der Waals surface area contributed by atoms with Crippen molar-refractivity contribution >= 4 is 11.9 Å². The smallest absolute Gasteiger partial charge is 0.410 e. The Labute approximate surface area is 112 Å². The molecule has 0 N–H and O–H groups in total. The van der Waals surface area contributed by atoms with Gasteiger partial charge in [0.1, 0.15) is 6.61 Å². The molecule has 100 valence electrons. The fraction of sp³-hybridized carbons (Fsp3) is 0.467. The van der Waals surface area contributed by atoms with Gasteiger partial charge in [-0.05, 0) is 17.4 Å². The summed E-state index contributed by atoms with van der Waals surface area (Å²) in [5.41, 5.74) is 0.955. The topological polar surface area (TPSA) is 46.6 Å². The van der Waals surface area contributed by atoms with Crippen LogP contribution in [0.4, 0.5) is 4.79 Å². The van der Waals surface area contributed by atoms with Gasteiger partial charge in [-0.15, -0.1) is 0 Å². The third kappa shape index (κ3) is 2.35. The van der Waals surface area contributed by atoms with Crippen LogP contribution >= 0.6 is 0 Å². The molecular weight excluding hydrogens is 242 g/mol. The first kappa shape index (κ1) is 12.2. The Kier molecular flexibility index (Phi) is 2.81. The Morgan fingerprint density at radius 1 is 1.42 bits per heavy atom. The monoisotopic (exact) mass is 259 g/mol. The lowest BCUT2D eigenvalue weighted by atomic mass is 9.99. The van der Waals surface area contributed by atoms with E-state index in [0.717, 1.165) is 12.0 Å². The quantitative estimate of drug-likeness (QED) is 0.818. The number of amides is 1. The number of hydrogen-bond acceptors (Lipinski definition) is 3. The maximum absolute atomic E-state index is 12.0. The van der Waals surface area contributed by atoms with E-state index >= 15 is 0 Å². The van der Waals surface area contributed by atoms with Crippen molar-refractivity contribution < 1.29 is 14.3 Å². The van der Waals surface area contributed by atoms with Crippen LogP contribution in [0.15, 0.2) is 30.3 Å². The molecule has 2 aliphatic rings. The van der Waals surface area contributed by atoms with Gasteiger partial charge in [-0.3, -0.25) is 4.79 Å². The van der Waals surface area contributed by atoms with Crippen LogP contribution in [-0.4, -0.2) is 29.9 Å². The van der Waals surface area contributed by atoms with Crippen LogP contribution in [0.3, 0.4) is 0 Å². The zero-order valence-corrected chi connectivity index (χ0v) is 11.0. The molecule has 0 unspecified atom stereocenters. The summed E-state index contributed by atoms with van der Waals surface area (Å²) in [5, 5.41) is 0. The summed E-state index contributed by atoms with van der Waals surface area (Å²) >= 11 is 0. The third-order valence-corrected chi connectivity index (χ3v) is 4.10. The standard InChI is InChI=1S/C15H17NO3/c1-15-7-12(15)13(17)8-16(10-15)14(18)19-9-11-5-3-2-4-6-11/h2-6,12H,7-10H2,1H3/t12-,15+/m0/s1. The van der Waals surface area contributed by atoms with E-state index in [1.165, 1.54) is 4.90 Å². The minimum absolute atomic E-state index is 0.00109. The number of benzene rings is 1. The predicted molar refractivity (Wildman–Crippen MR) is 69.4 cm³/mol. The molecule has 3 rings (SSSR count). The summed E-state index contributed by atoms with van der Waals surface area (Å²) in [6.45, 7) is 3.15. The molecule has 1 heterocycles. The summed E-state index contributed by atoms with van der Waals surface area (Å²) in [6, 6.07) is 9.55. The minimum atomic E-state index is -0.385. The van der Waals surface area contributed by atoms with Gasteiger partial charge in [-0.25, -0.2) is 4.79 Å². The zero-order valence-electron chi connectivity index (χ0n) is 11.0. The van der Waals surface area contributed by atoms with Crippen molar-refractivity contribution in [1.29, 1.82) is 0 Å². The van der Waals surface area contributed by atoms with Crippen molar-refractivity contribution in [3.05, 3.63) is 35.9 Å². The molecule has 4 heteroatoms. The number of likely N-dealkylation sites (tertiary alicyclic amines) is 1. The third-order valence-electron chi connectivity index (χ3n) is 4.10. The minimum Gasteiger partial charge on any atom is -0.445 e. The number of ether oxygens (including phenoxy) is 1. The summed E-state index contributed by atoms with van der Waals surface area (Å²) in [6.07, 6.45) is 0.526. The molecular formula is C15H17NO3. The van der Waals surface area contributed by atoms with Gasteiger partial charge in [0.25, 0.3) is 0 Å². The number of rotatable bonds is 2. The highest BCUT2D eigenvalue weighted by molar-refractivity contribution is 5.90. The molecule has 4 nitrogen and oxygen atoms in total. The van der Waals surface area contributed by atoms with Crippen LogP contribution in [0.25, 0.3) is 0 Å². The van der Waals surface area contributed by atoms with Gasteiger partial charge in [0, 0.05) is 12.5 Å². The second-order valence-electron chi connectivity index (χ2n) is 5.77. The van der Waals surface area contributed by atoms with E-state index in [-0.39, 0.29) is 36.4 Å². The molecule has 1 aliphatic heterocycles. The Balaban J connectivity index is 1.57. The van der Waals surface area contributed by atoms with Gasteiger partial charge in [0.2, 0.25) is 0 Å². The highest BCUT2D eigenvalue weighted by atomic mass is 16.6. The number of hydrogen-bond donors (Lipinski definition) is 0. The molecule has 0 spiro atoms. The Morgan fingerprint density at radius 2 is 2.16 bits per heavy atom. The molecule has 0 radical (unpaired) electrons. The first-order chi connectivity index (χ1) is 9.08. The molecule has 0 bridgehead atoms. The van der Waals surface area contributed by atoms with E-state index in [2.05, 4.69) is 6.92 Å². The largest absolute Gasteiger partial charge is 0.445 e. The van der Waals surface area contributed by atoms with Crippen LogP contribution < -0.4 is 0 Å². The predicted octanol–water partition coefficient (Wildman–Crippen LogP) is 2.23. The van der Waals surface area contributed by atoms with Crippen LogP contribution in [0, 0.1) is 11.3 Å². The van der Waals surface area contributed by atoms with Crippen molar-refractivity contribution in [2.75, 3.05) is 13.1 Å². The SMILES string of the molecule is C[C@]12C[C@H]1C(=O)CN(C(=O)OCc1ccccc1)C2. The molecule has 2 atom stereocenters. The van der Waals surface area contributed by atoms with E-state index in [0.29, 0.717) is 6.54 Å². The molecule has 1 saturated carbocycles. The number of carbonyl (C=O) groups excluding carboxylic acids is 2. The lowest BCUT2D eigenvalue weighted by Crippen LogP contribution is -2.44. The molecule has 2 fully saturated rings. The van der Waals surface area contributed by atoms with Crippen molar-refractivity contribution in [1.82, 2.24) is 4.90 Å². The van der Waals surface area contributed by atoms with Gasteiger partial charge in [0.15, 0.2) is 5.78 Å². The van der Waals surface area contributed by atoms with Crippen LogP contribution in [0.1, 0.15) is 18.9 Å². The van der Waals surface area contributed by atoms with Gasteiger partial charge in [0.05, 0.1) is 6.54 Å². The van der Waals surface area contributed by atoms with Gasteiger partial charge < -0.3 is 9.64 Å². The van der Waals surface area contributed by atoms with Gasteiger partial charge >= 0.3 is 6.09 Å². The highest BCUT2D eigenvalue weighted by Gasteiger charge is 2.58. The van der Waals surface area contributed by atoms with Crippen molar-refractivity contribution in [3.8, 4) is 0 Å². The summed E-state index contributed by atoms with van der Waals surface area (Å²) in [7, 11) is 0. The van der Waals surface area contributed by atoms with E-state index in [4.69, 9.17) is 4.74 Å². The molecule has 19 heavy (non-hydrogen) atoms. The van der Waals surface area contributed by atoms with E-state index in [1.807, 2.05) is 30.3 Å². The van der Waals surface area contributed by atoms with Crippen LogP contribution in [0.2, 0.25) is 0 Å². The first-order valence-electron chi connectivity index (χ1n) is 6.57. The average molecular weight is 259 g/mol. The summed E-state index contributed by atoms with van der Waals surface area (Å²) < 4.78 is 5.26. The van der Waals surface area contributed by atoms with E-state index < -0.39 is 0 Å². The molecule has 0 aromatic heterocycles. The zero-order chi connectivity index (χ0) is 13.5. The first-order valence-corrected chi connectivity index (χ1v) is 6.57. The average Bonchev–Trinajstić information content (AvgIpc) is 3.10. The fourth-order valence-electron chi connectivity index (χ4n) is 2.81.